The Morgan fingerprint density at radius 2 is 0.357 bits per heavy atom. The van der Waals surface area contributed by atoms with E-state index in [-0.39, 0.29) is 119 Å². The van der Waals surface area contributed by atoms with E-state index in [9.17, 15) is 42.5 Å². The summed E-state index contributed by atoms with van der Waals surface area (Å²) in [5.74, 6) is 0. The van der Waals surface area contributed by atoms with E-state index in [1.54, 1.807) is 83.1 Å². The van der Waals surface area contributed by atoms with Crippen LogP contribution >= 0.6 is 22.1 Å². The van der Waals surface area contributed by atoms with Gasteiger partial charge in [-0.25, -0.2) is 0 Å². The van der Waals surface area contributed by atoms with Crippen molar-refractivity contribution in [3.05, 3.63) is 206 Å². The highest BCUT2D eigenvalue weighted by atomic mass is 31.2. The van der Waals surface area contributed by atoms with E-state index in [4.69, 9.17) is 47.1 Å². The highest BCUT2D eigenvalue weighted by Crippen LogP contribution is 2.57. The Labute approximate surface area is 578 Å². The quantitative estimate of drug-likeness (QED) is 0.0279. The predicted molar refractivity (Wildman–Crippen MR) is 383 cm³/mol. The number of benzene rings is 6. The van der Waals surface area contributed by atoms with Gasteiger partial charge < -0.3 is 47.1 Å². The number of hydrogen-bond acceptors (Lipinski definition) is 19. The summed E-state index contributed by atoms with van der Waals surface area (Å²) < 4.78 is 93.2. The first-order chi connectivity index (χ1) is 46.2. The minimum Gasteiger partial charge on any atom is -0.394 e. The zero-order chi connectivity index (χ0) is 73.0. The molecule has 6 rings (SSSR count). The van der Waals surface area contributed by atoms with E-state index in [1.165, 1.54) is 0 Å². The van der Waals surface area contributed by atoms with Crippen molar-refractivity contribution in [3.8, 4) is 0 Å². The molecule has 0 spiro atoms. The van der Waals surface area contributed by atoms with Crippen molar-refractivity contribution in [2.24, 2.45) is 0 Å². The average molecular weight is 1410 g/mol. The molecule has 0 aromatic heterocycles. The summed E-state index contributed by atoms with van der Waals surface area (Å²) >= 11 is 0. The second-order valence-corrected chi connectivity index (χ2v) is 31.5. The van der Waals surface area contributed by atoms with Crippen LogP contribution < -0.4 is 0 Å². The van der Waals surface area contributed by atoms with Crippen LogP contribution in [0.25, 0.3) is 0 Å². The third kappa shape index (κ3) is 21.3. The zero-order valence-electron chi connectivity index (χ0n) is 60.4. The molecule has 0 saturated heterocycles. The minimum absolute atomic E-state index is 0.0344. The molecule has 0 unspecified atom stereocenters. The number of aliphatic hydroxyl groups is 1. The molecule has 0 amide bonds. The number of ether oxygens (including phenoxy) is 6. The van der Waals surface area contributed by atoms with Gasteiger partial charge in [-0.2, -0.15) is 0 Å². The van der Waals surface area contributed by atoms with Gasteiger partial charge in [-0.1, -0.05) is 106 Å². The van der Waals surface area contributed by atoms with E-state index in [1.807, 2.05) is 114 Å². The molecule has 0 saturated carbocycles. The number of rotatable bonds is 38. The van der Waals surface area contributed by atoms with Crippen molar-refractivity contribution >= 4 is 55.3 Å². The lowest BCUT2D eigenvalue weighted by molar-refractivity contribution is 0.00374. The smallest absolute Gasteiger partial charge is 0.340 e. The maximum Gasteiger partial charge on any atom is 0.340 e. The predicted octanol–water partition coefficient (Wildman–Crippen LogP) is 15.5. The van der Waals surface area contributed by atoms with Gasteiger partial charge in [0.2, 0.25) is 0 Å². The number of carbonyl (C=O) groups is 6. The first-order valence-electron chi connectivity index (χ1n) is 32.7. The summed E-state index contributed by atoms with van der Waals surface area (Å²) in [5.41, 5.74) is 9.55. The fourth-order valence-electron chi connectivity index (χ4n) is 12.4. The van der Waals surface area contributed by atoms with Crippen molar-refractivity contribution in [3.63, 3.8) is 0 Å². The highest BCUT2D eigenvalue weighted by Gasteiger charge is 2.48. The highest BCUT2D eigenvalue weighted by molar-refractivity contribution is 7.92. The molecule has 0 heterocycles. The third-order valence-electron chi connectivity index (χ3n) is 16.2. The largest absolute Gasteiger partial charge is 0.394 e. The van der Waals surface area contributed by atoms with E-state index in [2.05, 4.69) is 0 Å². The molecule has 19 nitrogen and oxygen atoms in total. The van der Waals surface area contributed by atoms with Crippen molar-refractivity contribution in [1.29, 1.82) is 0 Å². The van der Waals surface area contributed by atoms with Crippen LogP contribution in [0.15, 0.2) is 72.8 Å². The fourth-order valence-corrected chi connectivity index (χ4v) is 18.6. The van der Waals surface area contributed by atoms with Crippen molar-refractivity contribution in [1.82, 2.24) is 0 Å². The summed E-state index contributed by atoms with van der Waals surface area (Å²) in [4.78, 5) is 83.6. The molecular weight excluding hydrogens is 1310 g/mol. The Bertz CT molecular complexity index is 3530. The Balaban J connectivity index is 0.000000400. The van der Waals surface area contributed by atoms with Gasteiger partial charge >= 0.3 is 22.1 Å². The van der Waals surface area contributed by atoms with Crippen molar-refractivity contribution in [2.45, 2.75) is 125 Å². The maximum atomic E-state index is 14.5. The van der Waals surface area contributed by atoms with E-state index < -0.39 is 55.3 Å². The standard InChI is InChI=1S/C48H60O11P2.C28H39O8P/c1-29-21-33(5)41(34(6)22-29)45(49)60(53,46(50)42-35(7)23-30(2)24-36(42)8)58-19-17-56-15-13-55-14-16-57-18-20-59-61(54,47(51)43-37(9)25-31(3)26-38(43)10)48(52)44-39(11)27-32(4)28-40(44)12;1-19-15-21(3)25(22(4)16-19)27(30)37(32,28(31)26-23(5)17-20(2)18-24(26)6)36-14-13-35-12-11-34-10-9-33-8-7-29/h21-28H,13-20H2,1-12H3;15-18,29H,7-14H2,1-6H3. The fraction of sp³-hybridized carbons (Fsp3) is 0.447. The summed E-state index contributed by atoms with van der Waals surface area (Å²) in [5, 5.41) is 8.66. The third-order valence-corrected chi connectivity index (χ3v) is 22.4. The van der Waals surface area contributed by atoms with E-state index in [0.29, 0.717) is 86.6 Å². The van der Waals surface area contributed by atoms with Gasteiger partial charge in [0.25, 0.3) is 33.1 Å². The molecule has 532 valence electrons. The summed E-state index contributed by atoms with van der Waals surface area (Å²) in [6.07, 6.45) is 0. The molecule has 6 aromatic rings. The first kappa shape index (κ1) is 82.3. The van der Waals surface area contributed by atoms with Crippen LogP contribution in [0.3, 0.4) is 0 Å². The molecule has 98 heavy (non-hydrogen) atoms. The summed E-state index contributed by atoms with van der Waals surface area (Å²) in [7, 11) is -13.7. The van der Waals surface area contributed by atoms with Crippen LogP contribution in [0.5, 0.6) is 0 Å². The molecule has 0 aliphatic rings. The molecule has 0 aliphatic heterocycles. The molecule has 0 radical (unpaired) electrons. The minimum atomic E-state index is -4.60. The zero-order valence-corrected chi connectivity index (χ0v) is 63.1. The second-order valence-electron chi connectivity index (χ2n) is 25.0. The first-order valence-corrected chi connectivity index (χ1v) is 37.6. The number of aryl methyl sites for hydroxylation is 18. The molecule has 0 fully saturated rings. The van der Waals surface area contributed by atoms with Gasteiger partial charge in [0.1, 0.15) is 0 Å². The lowest BCUT2D eigenvalue weighted by Crippen LogP contribution is -2.19. The van der Waals surface area contributed by atoms with Crippen molar-refractivity contribution in [2.75, 3.05) is 106 Å². The average Bonchev–Trinajstić information content (AvgIpc) is 0.776. The molecular formula is C76H99O19P3. The molecule has 22 heteroatoms. The van der Waals surface area contributed by atoms with Crippen LogP contribution in [0.4, 0.5) is 0 Å². The molecule has 0 atom stereocenters. The Hall–Kier alpha value is -6.37. The van der Waals surface area contributed by atoms with Gasteiger partial charge in [0, 0.05) is 33.4 Å². The number of carbonyl (C=O) groups excluding carboxylic acids is 6. The van der Waals surface area contributed by atoms with Crippen LogP contribution in [0.1, 0.15) is 162 Å². The van der Waals surface area contributed by atoms with E-state index >= 15 is 0 Å². The molecule has 0 aliphatic carbocycles. The van der Waals surface area contributed by atoms with Crippen LogP contribution in [0.2, 0.25) is 0 Å². The van der Waals surface area contributed by atoms with Crippen molar-refractivity contribution < 1.29 is 89.6 Å². The Morgan fingerprint density at radius 1 is 0.235 bits per heavy atom. The molecule has 0 bridgehead atoms. The van der Waals surface area contributed by atoms with Crippen LogP contribution in [-0.2, 0) is 55.7 Å². The second kappa shape index (κ2) is 37.9. The van der Waals surface area contributed by atoms with Crippen LogP contribution in [-0.4, -0.2) is 144 Å². The van der Waals surface area contributed by atoms with Gasteiger partial charge in [0.15, 0.2) is 0 Å². The Kier molecular flexibility index (Phi) is 31.8. The van der Waals surface area contributed by atoms with Gasteiger partial charge in [-0.05, 0) is 191 Å². The van der Waals surface area contributed by atoms with Gasteiger partial charge in [-0.15, -0.1) is 0 Å². The normalized spacial score (nSPS) is 11.8. The van der Waals surface area contributed by atoms with Crippen LogP contribution in [0, 0.1) is 125 Å². The number of aliphatic hydroxyl groups excluding tert-OH is 1. The monoisotopic (exact) mass is 1410 g/mol. The lowest BCUT2D eigenvalue weighted by Gasteiger charge is -2.21. The van der Waals surface area contributed by atoms with Gasteiger partial charge in [-0.3, -0.25) is 42.5 Å². The lowest BCUT2D eigenvalue weighted by atomic mass is 10.0. The Morgan fingerprint density at radius 3 is 0.490 bits per heavy atom. The SMILES string of the molecule is Cc1cc(C)c(C(=O)P(=O)(OCCOCCOCCOCCO)C(=O)c2c(C)cc(C)cc2C)c(C)c1.Cc1cc(C)c(C(=O)P(=O)(OCCOCCOCCOCCOP(=O)(C(=O)c2c(C)cc(C)cc2C)C(=O)c2c(C)cc(C)cc2C)C(=O)c2c(C)cc(C)cc2C)c(C)c1. The van der Waals surface area contributed by atoms with E-state index in [0.717, 1.165) is 33.4 Å². The molecule has 6 aromatic carbocycles. The number of hydrogen-bond donors (Lipinski definition) is 1. The summed E-state index contributed by atoms with van der Waals surface area (Å²) in [6.45, 7) is 33.8. The van der Waals surface area contributed by atoms with Gasteiger partial charge in [0.05, 0.1) is 106 Å². The maximum absolute atomic E-state index is 14.5. The molecule has 1 N–H and O–H groups in total. The topological polar surface area (TPSA) is 257 Å². The summed E-state index contributed by atoms with van der Waals surface area (Å²) in [6, 6.07) is 21.8.